The second kappa shape index (κ2) is 6.25. The molecule has 1 saturated heterocycles. The molecule has 2 unspecified atom stereocenters. The number of rotatable bonds is 3. The Balaban J connectivity index is 2.26. The molecule has 2 atom stereocenters. The molecule has 2 nitrogen and oxygen atoms in total. The van der Waals surface area contributed by atoms with Crippen LogP contribution in [-0.2, 0) is 0 Å². The van der Waals surface area contributed by atoms with E-state index in [0.717, 1.165) is 17.1 Å². The molecule has 0 aromatic heterocycles. The minimum atomic E-state index is 0.199. The molecule has 1 aromatic carbocycles. The highest BCUT2D eigenvalue weighted by molar-refractivity contribution is 6.35. The van der Waals surface area contributed by atoms with Crippen molar-refractivity contribution in [2.45, 2.75) is 38.3 Å². The van der Waals surface area contributed by atoms with Crippen molar-refractivity contribution in [3.05, 3.63) is 33.8 Å². The third-order valence-electron chi connectivity index (χ3n) is 3.80. The van der Waals surface area contributed by atoms with Crippen LogP contribution in [-0.4, -0.2) is 24.0 Å². The van der Waals surface area contributed by atoms with E-state index in [0.29, 0.717) is 17.6 Å². The molecular formula is C14H20Cl2N2. The predicted molar refractivity (Wildman–Crippen MR) is 78.3 cm³/mol. The van der Waals surface area contributed by atoms with Gasteiger partial charge in [0.2, 0.25) is 0 Å². The summed E-state index contributed by atoms with van der Waals surface area (Å²) in [5.41, 5.74) is 7.07. The van der Waals surface area contributed by atoms with Crippen LogP contribution in [0.15, 0.2) is 18.2 Å². The quantitative estimate of drug-likeness (QED) is 0.914. The highest BCUT2D eigenvalue weighted by Crippen LogP contribution is 2.33. The first-order valence-electron chi connectivity index (χ1n) is 6.54. The summed E-state index contributed by atoms with van der Waals surface area (Å²) in [5.74, 6) is 0. The van der Waals surface area contributed by atoms with Gasteiger partial charge >= 0.3 is 0 Å². The van der Waals surface area contributed by atoms with E-state index in [9.17, 15) is 0 Å². The molecule has 0 aliphatic carbocycles. The number of piperidine rings is 1. The lowest BCUT2D eigenvalue weighted by Gasteiger charge is -2.39. The second-order valence-electron chi connectivity index (χ2n) is 5.00. The normalized spacial score (nSPS) is 23.0. The molecule has 100 valence electrons. The molecule has 0 saturated carbocycles. The zero-order chi connectivity index (χ0) is 13.1. The van der Waals surface area contributed by atoms with Crippen LogP contribution in [0.3, 0.4) is 0 Å². The Hall–Kier alpha value is -0.280. The van der Waals surface area contributed by atoms with Crippen molar-refractivity contribution in [1.29, 1.82) is 0 Å². The molecule has 0 bridgehead atoms. The Morgan fingerprint density at radius 2 is 2.17 bits per heavy atom. The summed E-state index contributed by atoms with van der Waals surface area (Å²) in [7, 11) is 0. The molecule has 1 aliphatic rings. The number of hydrogen-bond acceptors (Lipinski definition) is 2. The third-order valence-corrected chi connectivity index (χ3v) is 4.36. The van der Waals surface area contributed by atoms with E-state index >= 15 is 0 Å². The van der Waals surface area contributed by atoms with Crippen LogP contribution in [0.2, 0.25) is 10.0 Å². The van der Waals surface area contributed by atoms with Gasteiger partial charge in [0.1, 0.15) is 0 Å². The molecule has 1 heterocycles. The van der Waals surface area contributed by atoms with Crippen LogP contribution < -0.4 is 5.73 Å². The van der Waals surface area contributed by atoms with Crippen molar-refractivity contribution in [1.82, 2.24) is 4.90 Å². The van der Waals surface area contributed by atoms with Crippen molar-refractivity contribution in [2.24, 2.45) is 5.73 Å². The fourth-order valence-corrected chi connectivity index (χ4v) is 3.33. The Morgan fingerprint density at radius 1 is 1.39 bits per heavy atom. The van der Waals surface area contributed by atoms with Gasteiger partial charge in [-0.3, -0.25) is 4.90 Å². The number of nitrogens with two attached hydrogens (primary N) is 1. The van der Waals surface area contributed by atoms with E-state index < -0.39 is 0 Å². The van der Waals surface area contributed by atoms with Gasteiger partial charge in [0.15, 0.2) is 0 Å². The van der Waals surface area contributed by atoms with Crippen LogP contribution >= 0.6 is 23.2 Å². The first-order valence-corrected chi connectivity index (χ1v) is 7.30. The molecule has 2 N–H and O–H groups in total. The maximum Gasteiger partial charge on any atom is 0.0488 e. The summed E-state index contributed by atoms with van der Waals surface area (Å²) in [5, 5.41) is 1.39. The number of nitrogens with zero attached hydrogens (tertiary/aromatic N) is 1. The monoisotopic (exact) mass is 286 g/mol. The SMILES string of the molecule is CC1CCCCN1C(CN)c1ccc(Cl)cc1Cl. The smallest absolute Gasteiger partial charge is 0.0488 e. The molecule has 2 rings (SSSR count). The van der Waals surface area contributed by atoms with Gasteiger partial charge in [-0.25, -0.2) is 0 Å². The third kappa shape index (κ3) is 3.00. The van der Waals surface area contributed by atoms with E-state index in [1.807, 2.05) is 12.1 Å². The maximum atomic E-state index is 6.30. The largest absolute Gasteiger partial charge is 0.329 e. The highest BCUT2D eigenvalue weighted by Gasteiger charge is 2.27. The van der Waals surface area contributed by atoms with Gasteiger partial charge < -0.3 is 5.73 Å². The highest BCUT2D eigenvalue weighted by atomic mass is 35.5. The van der Waals surface area contributed by atoms with Crippen LogP contribution in [0.25, 0.3) is 0 Å². The van der Waals surface area contributed by atoms with Crippen LogP contribution in [0.1, 0.15) is 37.8 Å². The number of benzene rings is 1. The molecule has 0 radical (unpaired) electrons. The molecule has 0 amide bonds. The van der Waals surface area contributed by atoms with E-state index in [2.05, 4.69) is 11.8 Å². The zero-order valence-electron chi connectivity index (χ0n) is 10.7. The Labute approximate surface area is 119 Å². The van der Waals surface area contributed by atoms with Gasteiger partial charge in [0.25, 0.3) is 0 Å². The van der Waals surface area contributed by atoms with E-state index in [1.54, 1.807) is 6.07 Å². The van der Waals surface area contributed by atoms with Gasteiger partial charge in [-0.2, -0.15) is 0 Å². The molecule has 1 aromatic rings. The van der Waals surface area contributed by atoms with E-state index in [-0.39, 0.29) is 6.04 Å². The van der Waals surface area contributed by atoms with Gasteiger partial charge in [0.05, 0.1) is 0 Å². The molecular weight excluding hydrogens is 267 g/mol. The number of halogens is 2. The molecule has 0 spiro atoms. The Morgan fingerprint density at radius 3 is 2.78 bits per heavy atom. The topological polar surface area (TPSA) is 29.3 Å². The molecule has 4 heteroatoms. The average Bonchev–Trinajstić information content (AvgIpc) is 2.34. The fraction of sp³-hybridized carbons (Fsp3) is 0.571. The van der Waals surface area contributed by atoms with Crippen LogP contribution in [0.5, 0.6) is 0 Å². The average molecular weight is 287 g/mol. The first kappa shape index (κ1) is 14.1. The summed E-state index contributed by atoms with van der Waals surface area (Å²) in [6.07, 6.45) is 3.79. The Kier molecular flexibility index (Phi) is 4.91. The lowest BCUT2D eigenvalue weighted by Crippen LogP contribution is -2.43. The van der Waals surface area contributed by atoms with Gasteiger partial charge in [-0.1, -0.05) is 35.7 Å². The molecule has 1 aliphatic heterocycles. The predicted octanol–water partition coefficient (Wildman–Crippen LogP) is 3.87. The zero-order valence-corrected chi connectivity index (χ0v) is 12.2. The lowest BCUT2D eigenvalue weighted by atomic mass is 9.97. The minimum absolute atomic E-state index is 0.199. The maximum absolute atomic E-state index is 6.30. The first-order chi connectivity index (χ1) is 8.63. The summed E-state index contributed by atoms with van der Waals surface area (Å²) in [6, 6.07) is 6.46. The minimum Gasteiger partial charge on any atom is -0.329 e. The van der Waals surface area contributed by atoms with Crippen molar-refractivity contribution in [3.8, 4) is 0 Å². The molecule has 18 heavy (non-hydrogen) atoms. The summed E-state index contributed by atoms with van der Waals surface area (Å²) < 4.78 is 0. The standard InChI is InChI=1S/C14H20Cl2N2/c1-10-4-2-3-7-18(10)14(9-17)12-6-5-11(15)8-13(12)16/h5-6,8,10,14H,2-4,7,9,17H2,1H3. The van der Waals surface area contributed by atoms with Gasteiger partial charge in [0, 0.05) is 28.7 Å². The fourth-order valence-electron chi connectivity index (χ4n) is 2.80. The van der Waals surface area contributed by atoms with E-state index in [1.165, 1.54) is 19.3 Å². The van der Waals surface area contributed by atoms with Crippen LogP contribution in [0.4, 0.5) is 0 Å². The van der Waals surface area contributed by atoms with Crippen molar-refractivity contribution in [2.75, 3.05) is 13.1 Å². The molecule has 1 fully saturated rings. The number of likely N-dealkylation sites (tertiary alicyclic amines) is 1. The van der Waals surface area contributed by atoms with Gasteiger partial charge in [-0.05, 0) is 44.0 Å². The second-order valence-corrected chi connectivity index (χ2v) is 5.84. The van der Waals surface area contributed by atoms with Crippen molar-refractivity contribution < 1.29 is 0 Å². The van der Waals surface area contributed by atoms with E-state index in [4.69, 9.17) is 28.9 Å². The Bertz CT molecular complexity index is 409. The van der Waals surface area contributed by atoms with Crippen LogP contribution in [0, 0.1) is 0 Å². The summed E-state index contributed by atoms with van der Waals surface area (Å²) in [4.78, 5) is 2.47. The summed E-state index contributed by atoms with van der Waals surface area (Å²) >= 11 is 12.3. The summed E-state index contributed by atoms with van der Waals surface area (Å²) in [6.45, 7) is 3.96. The number of hydrogen-bond donors (Lipinski definition) is 1. The lowest BCUT2D eigenvalue weighted by molar-refractivity contribution is 0.109. The van der Waals surface area contributed by atoms with Crippen molar-refractivity contribution >= 4 is 23.2 Å². The van der Waals surface area contributed by atoms with Gasteiger partial charge in [-0.15, -0.1) is 0 Å². The van der Waals surface area contributed by atoms with Crippen molar-refractivity contribution in [3.63, 3.8) is 0 Å².